The Morgan fingerprint density at radius 2 is 1.83 bits per heavy atom. The number of hydrogen-bond acceptors (Lipinski definition) is 2. The molecule has 102 valence electrons. The molecule has 0 fully saturated rings. The van der Waals surface area contributed by atoms with Gasteiger partial charge >= 0.3 is 0 Å². The summed E-state index contributed by atoms with van der Waals surface area (Å²) in [6.45, 7) is 3.16. The molecule has 1 aromatic carbocycles. The van der Waals surface area contributed by atoms with Crippen molar-refractivity contribution in [2.24, 2.45) is 0 Å². The number of halogens is 1. The first-order valence-corrected chi connectivity index (χ1v) is 6.85. The molecule has 0 bridgehead atoms. The van der Waals surface area contributed by atoms with Gasteiger partial charge in [0.25, 0.3) is 0 Å². The highest BCUT2D eigenvalue weighted by atomic mass is 19.1. The molecule has 0 radical (unpaired) electrons. The fourth-order valence-electron chi connectivity index (χ4n) is 1.91. The van der Waals surface area contributed by atoms with Crippen LogP contribution in [-0.2, 0) is 0 Å². The summed E-state index contributed by atoms with van der Waals surface area (Å²) in [7, 11) is 1.48. The number of hydrogen-bond donors (Lipinski definition) is 1. The average Bonchev–Trinajstić information content (AvgIpc) is 2.39. The molecule has 0 aliphatic rings. The predicted octanol–water partition coefficient (Wildman–Crippen LogP) is 4.61. The highest BCUT2D eigenvalue weighted by Crippen LogP contribution is 2.21. The molecule has 2 nitrogen and oxygen atoms in total. The van der Waals surface area contributed by atoms with Gasteiger partial charge in [-0.2, -0.15) is 0 Å². The molecule has 1 aromatic rings. The number of rotatable bonds is 9. The molecule has 0 heterocycles. The van der Waals surface area contributed by atoms with Crippen molar-refractivity contribution in [1.29, 1.82) is 0 Å². The van der Waals surface area contributed by atoms with Crippen LogP contribution in [0.4, 0.5) is 10.1 Å². The van der Waals surface area contributed by atoms with E-state index in [2.05, 4.69) is 12.2 Å². The molecule has 18 heavy (non-hydrogen) atoms. The van der Waals surface area contributed by atoms with Crippen LogP contribution in [0.3, 0.4) is 0 Å². The molecule has 1 N–H and O–H groups in total. The summed E-state index contributed by atoms with van der Waals surface area (Å²) < 4.78 is 18.1. The van der Waals surface area contributed by atoms with Crippen LogP contribution < -0.4 is 10.1 Å². The zero-order valence-electron chi connectivity index (χ0n) is 11.5. The van der Waals surface area contributed by atoms with Gasteiger partial charge in [0.05, 0.1) is 7.11 Å². The summed E-state index contributed by atoms with van der Waals surface area (Å²) in [6, 6.07) is 4.88. The fraction of sp³-hybridized carbons (Fsp3) is 0.600. The van der Waals surface area contributed by atoms with Crippen LogP contribution in [0.1, 0.15) is 45.4 Å². The summed E-state index contributed by atoms with van der Waals surface area (Å²) >= 11 is 0. The molecular formula is C15H24FNO. The summed E-state index contributed by atoms with van der Waals surface area (Å²) in [6.07, 6.45) is 7.67. The van der Waals surface area contributed by atoms with E-state index in [4.69, 9.17) is 4.74 Å². The Hall–Kier alpha value is -1.25. The molecule has 0 atom stereocenters. The second kappa shape index (κ2) is 8.78. The zero-order valence-corrected chi connectivity index (χ0v) is 11.5. The van der Waals surface area contributed by atoms with E-state index in [1.807, 2.05) is 0 Å². The average molecular weight is 253 g/mol. The van der Waals surface area contributed by atoms with Gasteiger partial charge in [-0.3, -0.25) is 0 Å². The van der Waals surface area contributed by atoms with Gasteiger partial charge in [0.15, 0.2) is 11.6 Å². The highest BCUT2D eigenvalue weighted by molar-refractivity contribution is 5.48. The van der Waals surface area contributed by atoms with E-state index in [0.29, 0.717) is 5.75 Å². The smallest absolute Gasteiger partial charge is 0.165 e. The molecule has 3 heteroatoms. The Labute approximate surface area is 110 Å². The van der Waals surface area contributed by atoms with Crippen LogP contribution in [0, 0.1) is 5.82 Å². The van der Waals surface area contributed by atoms with E-state index in [-0.39, 0.29) is 5.82 Å². The van der Waals surface area contributed by atoms with Crippen molar-refractivity contribution < 1.29 is 9.13 Å². The van der Waals surface area contributed by atoms with Crippen molar-refractivity contribution in [2.75, 3.05) is 19.0 Å². The topological polar surface area (TPSA) is 21.3 Å². The molecule has 0 aliphatic heterocycles. The Bertz CT molecular complexity index is 341. The van der Waals surface area contributed by atoms with E-state index >= 15 is 0 Å². The van der Waals surface area contributed by atoms with E-state index in [0.717, 1.165) is 18.7 Å². The Kier molecular flexibility index (Phi) is 7.23. The van der Waals surface area contributed by atoms with Crippen LogP contribution >= 0.6 is 0 Å². The van der Waals surface area contributed by atoms with Gasteiger partial charge in [0.1, 0.15) is 0 Å². The monoisotopic (exact) mass is 253 g/mol. The number of nitrogens with one attached hydrogen (secondary N) is 1. The van der Waals surface area contributed by atoms with Crippen LogP contribution in [-0.4, -0.2) is 13.7 Å². The van der Waals surface area contributed by atoms with Crippen molar-refractivity contribution in [3.05, 3.63) is 24.0 Å². The van der Waals surface area contributed by atoms with Crippen LogP contribution in [0.5, 0.6) is 5.75 Å². The highest BCUT2D eigenvalue weighted by Gasteiger charge is 2.02. The summed E-state index contributed by atoms with van der Waals surface area (Å²) in [5.74, 6) is -0.0226. The van der Waals surface area contributed by atoms with Gasteiger partial charge < -0.3 is 10.1 Å². The second-order valence-electron chi connectivity index (χ2n) is 4.54. The normalized spacial score (nSPS) is 10.4. The first-order valence-electron chi connectivity index (χ1n) is 6.85. The Morgan fingerprint density at radius 1 is 1.11 bits per heavy atom. The van der Waals surface area contributed by atoms with Crippen molar-refractivity contribution in [3.8, 4) is 5.75 Å². The maximum Gasteiger partial charge on any atom is 0.165 e. The molecule has 1 rings (SSSR count). The Balaban J connectivity index is 2.19. The maximum absolute atomic E-state index is 13.2. The van der Waals surface area contributed by atoms with Gasteiger partial charge in [-0.05, 0) is 18.6 Å². The first kappa shape index (κ1) is 14.8. The minimum Gasteiger partial charge on any atom is -0.494 e. The van der Waals surface area contributed by atoms with Crippen molar-refractivity contribution >= 4 is 5.69 Å². The molecule has 0 aliphatic carbocycles. The molecule has 0 saturated carbocycles. The molecular weight excluding hydrogens is 229 g/mol. The summed E-state index contributed by atoms with van der Waals surface area (Å²) in [5.41, 5.74) is 0.918. The largest absolute Gasteiger partial charge is 0.494 e. The molecule has 0 spiro atoms. The van der Waals surface area contributed by atoms with Gasteiger partial charge in [-0.1, -0.05) is 39.0 Å². The number of benzene rings is 1. The van der Waals surface area contributed by atoms with Crippen molar-refractivity contribution in [1.82, 2.24) is 0 Å². The van der Waals surface area contributed by atoms with Gasteiger partial charge in [0.2, 0.25) is 0 Å². The third kappa shape index (κ3) is 5.39. The lowest BCUT2D eigenvalue weighted by Gasteiger charge is -2.08. The third-order valence-corrected chi connectivity index (χ3v) is 3.01. The van der Waals surface area contributed by atoms with Crippen molar-refractivity contribution in [3.63, 3.8) is 0 Å². The quantitative estimate of drug-likeness (QED) is 0.649. The number of anilines is 1. The molecule has 0 aromatic heterocycles. The summed E-state index contributed by atoms with van der Waals surface area (Å²) in [5, 5.41) is 3.29. The van der Waals surface area contributed by atoms with Gasteiger partial charge in [-0.25, -0.2) is 4.39 Å². The van der Waals surface area contributed by atoms with Crippen molar-refractivity contribution in [2.45, 2.75) is 45.4 Å². The molecule has 0 amide bonds. The molecule has 0 unspecified atom stereocenters. The maximum atomic E-state index is 13.2. The van der Waals surface area contributed by atoms with E-state index in [9.17, 15) is 4.39 Å². The lowest BCUT2D eigenvalue weighted by Crippen LogP contribution is -2.02. The minimum atomic E-state index is -0.317. The summed E-state index contributed by atoms with van der Waals surface area (Å²) in [4.78, 5) is 0. The lowest BCUT2D eigenvalue weighted by molar-refractivity contribution is 0.387. The van der Waals surface area contributed by atoms with Crippen LogP contribution in [0.2, 0.25) is 0 Å². The number of unbranched alkanes of at least 4 members (excludes halogenated alkanes) is 5. The Morgan fingerprint density at radius 3 is 2.56 bits per heavy atom. The lowest BCUT2D eigenvalue weighted by atomic mass is 10.1. The number of methoxy groups -OCH3 is 1. The first-order chi connectivity index (χ1) is 8.77. The van der Waals surface area contributed by atoms with Crippen LogP contribution in [0.15, 0.2) is 18.2 Å². The standard InChI is InChI=1S/C15H24FNO/c1-3-4-5-6-7-8-11-17-13-9-10-14(16)15(12-13)18-2/h9-10,12,17H,3-8,11H2,1-2H3. The zero-order chi connectivity index (χ0) is 13.2. The third-order valence-electron chi connectivity index (χ3n) is 3.01. The number of ether oxygens (including phenoxy) is 1. The van der Waals surface area contributed by atoms with Gasteiger partial charge in [-0.15, -0.1) is 0 Å². The predicted molar refractivity (Wildman–Crippen MR) is 74.8 cm³/mol. The van der Waals surface area contributed by atoms with Gasteiger partial charge in [0, 0.05) is 18.3 Å². The van der Waals surface area contributed by atoms with E-state index < -0.39 is 0 Å². The van der Waals surface area contributed by atoms with Crippen LogP contribution in [0.25, 0.3) is 0 Å². The minimum absolute atomic E-state index is 0.294. The van der Waals surface area contributed by atoms with E-state index in [1.54, 1.807) is 12.1 Å². The van der Waals surface area contributed by atoms with E-state index in [1.165, 1.54) is 45.3 Å². The second-order valence-corrected chi connectivity index (χ2v) is 4.54. The SMILES string of the molecule is CCCCCCCCNc1ccc(F)c(OC)c1. The molecule has 0 saturated heterocycles. The fourth-order valence-corrected chi connectivity index (χ4v) is 1.91.